The Balaban J connectivity index is 0.000000353. The first-order valence-corrected chi connectivity index (χ1v) is 21.2. The van der Waals surface area contributed by atoms with Crippen LogP contribution in [0.5, 0.6) is 0 Å². The summed E-state index contributed by atoms with van der Waals surface area (Å²) < 4.78 is 0. The highest BCUT2D eigenvalue weighted by Crippen LogP contribution is 2.39. The van der Waals surface area contributed by atoms with Gasteiger partial charge in [-0.3, -0.25) is 40.5 Å². The Bertz CT molecular complexity index is 2270. The van der Waals surface area contributed by atoms with E-state index in [0.717, 1.165) is 35.3 Å². The number of aryl methyl sites for hydroxylation is 1. The Morgan fingerprint density at radius 1 is 0.426 bits per heavy atom. The molecule has 0 amide bonds. The number of aliphatic hydroxyl groups excluding tert-OH is 6. The summed E-state index contributed by atoms with van der Waals surface area (Å²) in [5.74, 6) is 0. The third-order valence-corrected chi connectivity index (χ3v) is 10.2. The van der Waals surface area contributed by atoms with E-state index in [9.17, 15) is 60.9 Å². The molecule has 23 nitrogen and oxygen atoms in total. The average molecular weight is 989 g/mol. The molecule has 0 saturated heterocycles. The summed E-state index contributed by atoms with van der Waals surface area (Å²) in [6, 6.07) is 25.5. The van der Waals surface area contributed by atoms with E-state index in [0.29, 0.717) is 50.6 Å². The van der Waals surface area contributed by atoms with E-state index in [1.807, 2.05) is 36.1 Å². The number of halogens is 2. The fraction of sp³-hybridized carbons (Fsp3) is 0.302. The lowest BCUT2D eigenvalue weighted by atomic mass is 10.1. The maximum atomic E-state index is 11.8. The second-order valence-electron chi connectivity index (χ2n) is 14.2. The number of nitro benzene ring substituents is 4. The second-order valence-corrected chi connectivity index (χ2v) is 15.0. The van der Waals surface area contributed by atoms with E-state index in [1.54, 1.807) is 58.3 Å². The number of hydrogen-bond acceptors (Lipinski definition) is 19. The molecule has 0 heterocycles. The minimum atomic E-state index is -0.814. The van der Waals surface area contributed by atoms with Crippen LogP contribution in [0.15, 0.2) is 97.1 Å². The lowest BCUT2D eigenvalue weighted by Gasteiger charge is -2.23. The number of anilines is 7. The van der Waals surface area contributed by atoms with Gasteiger partial charge in [-0.05, 0) is 79.7 Å². The molecule has 0 saturated carbocycles. The van der Waals surface area contributed by atoms with Gasteiger partial charge >= 0.3 is 0 Å². The number of nitro groups is 4. The Labute approximate surface area is 399 Å². The van der Waals surface area contributed by atoms with Gasteiger partial charge in [0.1, 0.15) is 21.4 Å². The van der Waals surface area contributed by atoms with Crippen LogP contribution >= 0.6 is 23.2 Å². The van der Waals surface area contributed by atoms with Crippen molar-refractivity contribution in [2.24, 2.45) is 0 Å². The van der Waals surface area contributed by atoms with Gasteiger partial charge in [0.15, 0.2) is 0 Å². The Kier molecular flexibility index (Phi) is 23.0. The van der Waals surface area contributed by atoms with E-state index in [-0.39, 0.29) is 61.1 Å². The van der Waals surface area contributed by atoms with Crippen LogP contribution in [0, 0.1) is 47.4 Å². The third-order valence-electron chi connectivity index (χ3n) is 9.56. The summed E-state index contributed by atoms with van der Waals surface area (Å²) in [5, 5.41) is 104. The first kappa shape index (κ1) is 55.4. The highest BCUT2D eigenvalue weighted by Gasteiger charge is 2.26. The van der Waals surface area contributed by atoms with Crippen molar-refractivity contribution in [1.82, 2.24) is 0 Å². The largest absolute Gasteiger partial charge is 0.395 e. The molecule has 5 rings (SSSR count). The summed E-state index contributed by atoms with van der Waals surface area (Å²) >= 11 is 10.9. The quantitative estimate of drug-likeness (QED) is 0.0268. The van der Waals surface area contributed by atoms with E-state index < -0.39 is 42.4 Å². The summed E-state index contributed by atoms with van der Waals surface area (Å²) in [7, 11) is 0. The number of aliphatic hydroxyl groups is 6. The standard InChI is InChI=1S/C26H32N6O8.C11H17NO2.C6H2Cl2N2O4/c33-13-9-29(10-14-34)21-5-1-19(2-6-21)27-23-17-24(26(32(39)40)18-25(23)31(37)38)28-20-3-7-22(8-4-20)30(11-15-35)12-16-36;1-10-2-4-11(5-3-10)12(6-8-13)7-9-14;7-3-1-4(8)6(10(13)14)2-5(3)9(11)12/h1-8,17-18,27-28,33-36H,9-16H2;2-5,13-14H,6-9H2,1H3;1-2H. The molecule has 5 aromatic carbocycles. The summed E-state index contributed by atoms with van der Waals surface area (Å²) in [5.41, 5.74) is 2.69. The Hall–Kier alpha value is -6.96. The summed E-state index contributed by atoms with van der Waals surface area (Å²) in [6.45, 7) is 4.23. The van der Waals surface area contributed by atoms with Crippen molar-refractivity contribution in [3.63, 3.8) is 0 Å². The van der Waals surface area contributed by atoms with Gasteiger partial charge in [-0.25, -0.2) is 0 Å². The molecular weight excluding hydrogens is 937 g/mol. The van der Waals surface area contributed by atoms with Gasteiger partial charge in [0, 0.05) is 67.7 Å². The van der Waals surface area contributed by atoms with Crippen LogP contribution in [-0.4, -0.2) is 129 Å². The average Bonchev–Trinajstić information content (AvgIpc) is 3.30. The minimum absolute atomic E-state index is 0.0297. The third kappa shape index (κ3) is 16.7. The Morgan fingerprint density at radius 2 is 0.691 bits per heavy atom. The van der Waals surface area contributed by atoms with Gasteiger partial charge in [0.25, 0.3) is 22.7 Å². The van der Waals surface area contributed by atoms with Crippen molar-refractivity contribution in [2.45, 2.75) is 6.92 Å². The molecule has 0 bridgehead atoms. The predicted octanol–water partition coefficient (Wildman–Crippen LogP) is 6.17. The number of nitrogens with one attached hydrogen (secondary N) is 2. The summed E-state index contributed by atoms with van der Waals surface area (Å²) in [6.07, 6.45) is 0. The highest BCUT2D eigenvalue weighted by molar-refractivity contribution is 6.37. The van der Waals surface area contributed by atoms with Crippen molar-refractivity contribution in [3.8, 4) is 0 Å². The van der Waals surface area contributed by atoms with Gasteiger partial charge in [0.05, 0.1) is 71.5 Å². The zero-order chi connectivity index (χ0) is 50.3. The molecule has 0 spiro atoms. The zero-order valence-corrected chi connectivity index (χ0v) is 38.1. The molecule has 0 aliphatic rings. The van der Waals surface area contributed by atoms with Crippen molar-refractivity contribution in [2.75, 3.05) is 104 Å². The molecule has 5 aromatic rings. The van der Waals surface area contributed by atoms with Crippen LogP contribution in [0.3, 0.4) is 0 Å². The van der Waals surface area contributed by atoms with Crippen molar-refractivity contribution in [3.05, 3.63) is 153 Å². The van der Waals surface area contributed by atoms with E-state index >= 15 is 0 Å². The van der Waals surface area contributed by atoms with Crippen molar-refractivity contribution < 1.29 is 50.3 Å². The first-order chi connectivity index (χ1) is 32.5. The zero-order valence-electron chi connectivity index (χ0n) is 36.6. The lowest BCUT2D eigenvalue weighted by Crippen LogP contribution is -2.29. The van der Waals surface area contributed by atoms with Gasteiger partial charge < -0.3 is 56.0 Å². The van der Waals surface area contributed by atoms with Crippen molar-refractivity contribution in [1.29, 1.82) is 0 Å². The minimum Gasteiger partial charge on any atom is -0.395 e. The van der Waals surface area contributed by atoms with Crippen LogP contribution in [0.2, 0.25) is 10.0 Å². The van der Waals surface area contributed by atoms with Gasteiger partial charge in [-0.15, -0.1) is 0 Å². The van der Waals surface area contributed by atoms with Crippen LogP contribution < -0.4 is 25.3 Å². The van der Waals surface area contributed by atoms with Gasteiger partial charge in [0.2, 0.25) is 0 Å². The monoisotopic (exact) mass is 987 g/mol. The number of hydrogen-bond donors (Lipinski definition) is 8. The second kappa shape index (κ2) is 28.3. The van der Waals surface area contributed by atoms with E-state index in [2.05, 4.69) is 10.6 Å². The molecule has 68 heavy (non-hydrogen) atoms. The van der Waals surface area contributed by atoms with Gasteiger partial charge in [-0.2, -0.15) is 0 Å². The molecule has 8 N–H and O–H groups in total. The lowest BCUT2D eigenvalue weighted by molar-refractivity contribution is -0.394. The molecule has 25 heteroatoms. The van der Waals surface area contributed by atoms with Crippen LogP contribution in [0.1, 0.15) is 5.56 Å². The SMILES string of the molecule is Cc1ccc(N(CCO)CCO)cc1.O=[N+]([O-])c1cc([N+](=O)[O-])c(Cl)cc1Cl.O=[N+]([O-])c1cc([N+](=O)[O-])c(Nc2ccc(N(CCO)CCO)cc2)cc1Nc1ccc(N(CCO)CCO)cc1. The molecule has 0 radical (unpaired) electrons. The normalized spacial score (nSPS) is 10.4. The molecular formula is C43H51Cl2N9O14. The van der Waals surface area contributed by atoms with Crippen LogP contribution in [0.4, 0.5) is 62.6 Å². The fourth-order valence-electron chi connectivity index (χ4n) is 6.30. The fourth-order valence-corrected chi connectivity index (χ4v) is 6.82. The molecule has 0 atom stereocenters. The molecule has 366 valence electrons. The van der Waals surface area contributed by atoms with Crippen molar-refractivity contribution >= 4 is 85.8 Å². The summed E-state index contributed by atoms with van der Waals surface area (Å²) in [4.78, 5) is 46.8. The molecule has 0 unspecified atom stereocenters. The first-order valence-electron chi connectivity index (χ1n) is 20.5. The Morgan fingerprint density at radius 3 is 0.956 bits per heavy atom. The maximum Gasteiger partial charge on any atom is 0.299 e. The number of benzene rings is 5. The van der Waals surface area contributed by atoms with E-state index in [1.165, 1.54) is 11.6 Å². The molecule has 0 aliphatic heterocycles. The number of nitrogens with zero attached hydrogens (tertiary/aromatic N) is 7. The predicted molar refractivity (Wildman–Crippen MR) is 259 cm³/mol. The molecule has 0 fully saturated rings. The maximum absolute atomic E-state index is 11.8. The number of rotatable bonds is 23. The smallest absolute Gasteiger partial charge is 0.299 e. The molecule has 0 aromatic heterocycles. The van der Waals surface area contributed by atoms with Crippen LogP contribution in [0.25, 0.3) is 0 Å². The van der Waals surface area contributed by atoms with Gasteiger partial charge in [-0.1, -0.05) is 40.9 Å². The molecule has 0 aliphatic carbocycles. The highest BCUT2D eigenvalue weighted by atomic mass is 35.5. The van der Waals surface area contributed by atoms with E-state index in [4.69, 9.17) is 33.4 Å². The van der Waals surface area contributed by atoms with Crippen LogP contribution in [-0.2, 0) is 0 Å². The topological polar surface area (TPSA) is 328 Å².